The van der Waals surface area contributed by atoms with Gasteiger partial charge >= 0.3 is 0 Å². The van der Waals surface area contributed by atoms with E-state index < -0.39 is 0 Å². The first-order valence-corrected chi connectivity index (χ1v) is 8.06. The van der Waals surface area contributed by atoms with Crippen molar-refractivity contribution >= 4 is 5.69 Å². The maximum Gasteiger partial charge on any atom is 0.0399 e. The Balaban J connectivity index is 1.78. The third-order valence-corrected chi connectivity index (χ3v) is 5.46. The Morgan fingerprint density at radius 1 is 1.30 bits per heavy atom. The number of hydrogen-bond donors (Lipinski definition) is 1. The van der Waals surface area contributed by atoms with Gasteiger partial charge in [-0.05, 0) is 48.1 Å². The van der Waals surface area contributed by atoms with E-state index in [2.05, 4.69) is 49.9 Å². The third-order valence-electron chi connectivity index (χ3n) is 5.46. The second-order valence-electron chi connectivity index (χ2n) is 7.66. The van der Waals surface area contributed by atoms with Crippen LogP contribution in [0.3, 0.4) is 0 Å². The lowest BCUT2D eigenvalue weighted by Gasteiger charge is -2.38. The van der Waals surface area contributed by atoms with Gasteiger partial charge in [0.05, 0.1) is 0 Å². The molecule has 1 aromatic carbocycles. The first kappa shape index (κ1) is 13.9. The van der Waals surface area contributed by atoms with E-state index in [1.165, 1.54) is 37.1 Å². The van der Waals surface area contributed by atoms with Gasteiger partial charge in [0.1, 0.15) is 0 Å². The van der Waals surface area contributed by atoms with Crippen LogP contribution >= 0.6 is 0 Å². The van der Waals surface area contributed by atoms with E-state index in [4.69, 9.17) is 5.73 Å². The number of nitrogens with two attached hydrogens (primary N) is 1. The molecule has 1 aliphatic heterocycles. The molecule has 0 aromatic heterocycles. The molecule has 20 heavy (non-hydrogen) atoms. The number of anilines is 1. The van der Waals surface area contributed by atoms with Gasteiger partial charge in [0.15, 0.2) is 0 Å². The van der Waals surface area contributed by atoms with Crippen molar-refractivity contribution in [3.8, 4) is 0 Å². The minimum Gasteiger partial charge on any atom is -0.371 e. The predicted molar refractivity (Wildman–Crippen MR) is 86.0 cm³/mol. The fourth-order valence-electron chi connectivity index (χ4n) is 4.11. The SMILES string of the molecule is CC1Cc2ccccc2N(CC2CCC(C)(C)C2N)C1. The highest BCUT2D eigenvalue weighted by atomic mass is 15.1. The maximum atomic E-state index is 6.50. The highest BCUT2D eigenvalue weighted by Gasteiger charge is 2.40. The molecule has 1 fully saturated rings. The molecular formula is C18H28N2. The summed E-state index contributed by atoms with van der Waals surface area (Å²) in [4.78, 5) is 2.59. The number of hydrogen-bond acceptors (Lipinski definition) is 2. The molecule has 1 aromatic rings. The summed E-state index contributed by atoms with van der Waals surface area (Å²) in [5.41, 5.74) is 9.77. The Morgan fingerprint density at radius 3 is 2.75 bits per heavy atom. The van der Waals surface area contributed by atoms with Gasteiger partial charge in [0.25, 0.3) is 0 Å². The van der Waals surface area contributed by atoms with E-state index in [1.54, 1.807) is 0 Å². The highest BCUT2D eigenvalue weighted by molar-refractivity contribution is 5.55. The molecule has 3 atom stereocenters. The molecule has 0 saturated heterocycles. The molecule has 1 saturated carbocycles. The smallest absolute Gasteiger partial charge is 0.0399 e. The van der Waals surface area contributed by atoms with Crippen molar-refractivity contribution in [3.63, 3.8) is 0 Å². The normalized spacial score (nSPS) is 32.2. The molecule has 1 aliphatic carbocycles. The molecule has 0 radical (unpaired) electrons. The van der Waals surface area contributed by atoms with E-state index in [-0.39, 0.29) is 0 Å². The summed E-state index contributed by atoms with van der Waals surface area (Å²) in [5, 5.41) is 0. The molecule has 2 nitrogen and oxygen atoms in total. The van der Waals surface area contributed by atoms with Gasteiger partial charge in [-0.2, -0.15) is 0 Å². The van der Waals surface area contributed by atoms with Crippen LogP contribution in [-0.2, 0) is 6.42 Å². The quantitative estimate of drug-likeness (QED) is 0.893. The maximum absolute atomic E-state index is 6.50. The monoisotopic (exact) mass is 272 g/mol. The Kier molecular flexibility index (Phi) is 3.53. The summed E-state index contributed by atoms with van der Waals surface area (Å²) in [6.07, 6.45) is 3.76. The molecule has 3 rings (SSSR count). The lowest BCUT2D eigenvalue weighted by molar-refractivity contribution is 0.299. The van der Waals surface area contributed by atoms with Crippen molar-refractivity contribution in [3.05, 3.63) is 29.8 Å². The van der Waals surface area contributed by atoms with Gasteiger partial charge in [-0.15, -0.1) is 0 Å². The molecule has 2 aliphatic rings. The number of para-hydroxylation sites is 1. The van der Waals surface area contributed by atoms with Gasteiger partial charge in [-0.25, -0.2) is 0 Å². The van der Waals surface area contributed by atoms with Crippen molar-refractivity contribution < 1.29 is 0 Å². The first-order chi connectivity index (χ1) is 9.47. The lowest BCUT2D eigenvalue weighted by atomic mass is 9.85. The van der Waals surface area contributed by atoms with Crippen LogP contribution < -0.4 is 10.6 Å². The van der Waals surface area contributed by atoms with Crippen molar-refractivity contribution in [1.29, 1.82) is 0 Å². The van der Waals surface area contributed by atoms with Gasteiger partial charge in [0, 0.05) is 24.8 Å². The predicted octanol–water partition coefficient (Wildman–Crippen LogP) is 3.45. The van der Waals surface area contributed by atoms with E-state index in [0.29, 0.717) is 17.4 Å². The summed E-state index contributed by atoms with van der Waals surface area (Å²) >= 11 is 0. The standard InChI is InChI=1S/C18H28N2/c1-13-10-14-6-4-5-7-16(14)20(11-13)12-15-8-9-18(2,3)17(15)19/h4-7,13,15,17H,8-12,19H2,1-3H3. The second kappa shape index (κ2) is 5.07. The first-order valence-electron chi connectivity index (χ1n) is 8.06. The molecule has 3 unspecified atom stereocenters. The molecule has 2 heteroatoms. The number of rotatable bonds is 2. The van der Waals surface area contributed by atoms with E-state index in [1.807, 2.05) is 0 Å². The Labute approximate surface area is 123 Å². The minimum atomic E-state index is 0.311. The van der Waals surface area contributed by atoms with Crippen LogP contribution in [0.25, 0.3) is 0 Å². The van der Waals surface area contributed by atoms with Crippen LogP contribution in [0.1, 0.15) is 39.2 Å². The lowest BCUT2D eigenvalue weighted by Crippen LogP contribution is -2.44. The van der Waals surface area contributed by atoms with Gasteiger partial charge in [0.2, 0.25) is 0 Å². The van der Waals surface area contributed by atoms with Crippen LogP contribution in [0.2, 0.25) is 0 Å². The third kappa shape index (κ3) is 2.46. The van der Waals surface area contributed by atoms with Gasteiger partial charge < -0.3 is 10.6 Å². The zero-order valence-electron chi connectivity index (χ0n) is 13.1. The number of fused-ring (bicyclic) bond motifs is 1. The fraction of sp³-hybridized carbons (Fsp3) is 0.667. The Bertz CT molecular complexity index is 480. The number of benzene rings is 1. The summed E-state index contributed by atoms with van der Waals surface area (Å²) in [5.74, 6) is 1.39. The second-order valence-corrected chi connectivity index (χ2v) is 7.66. The Hall–Kier alpha value is -1.02. The highest BCUT2D eigenvalue weighted by Crippen LogP contribution is 2.41. The van der Waals surface area contributed by atoms with Gasteiger partial charge in [-0.3, -0.25) is 0 Å². The molecule has 0 spiro atoms. The summed E-state index contributed by atoms with van der Waals surface area (Å²) in [6, 6.07) is 9.25. The van der Waals surface area contributed by atoms with Crippen LogP contribution in [0, 0.1) is 17.3 Å². The minimum absolute atomic E-state index is 0.311. The van der Waals surface area contributed by atoms with Crippen molar-refractivity contribution in [2.24, 2.45) is 23.0 Å². The van der Waals surface area contributed by atoms with Crippen LogP contribution in [0.5, 0.6) is 0 Å². The van der Waals surface area contributed by atoms with Crippen LogP contribution in [-0.4, -0.2) is 19.1 Å². The zero-order chi connectivity index (χ0) is 14.3. The molecule has 110 valence electrons. The molecular weight excluding hydrogens is 244 g/mol. The topological polar surface area (TPSA) is 29.3 Å². The van der Waals surface area contributed by atoms with Crippen LogP contribution in [0.15, 0.2) is 24.3 Å². The Morgan fingerprint density at radius 2 is 2.05 bits per heavy atom. The molecule has 2 N–H and O–H groups in total. The van der Waals surface area contributed by atoms with Crippen molar-refractivity contribution in [2.75, 3.05) is 18.0 Å². The largest absolute Gasteiger partial charge is 0.371 e. The van der Waals surface area contributed by atoms with Gasteiger partial charge in [-0.1, -0.05) is 39.0 Å². The average molecular weight is 272 g/mol. The number of nitrogens with zero attached hydrogens (tertiary/aromatic N) is 1. The molecule has 1 heterocycles. The fourth-order valence-corrected chi connectivity index (χ4v) is 4.11. The summed E-state index contributed by atoms with van der Waals surface area (Å²) < 4.78 is 0. The van der Waals surface area contributed by atoms with Crippen molar-refractivity contribution in [1.82, 2.24) is 0 Å². The van der Waals surface area contributed by atoms with Crippen LogP contribution in [0.4, 0.5) is 5.69 Å². The van der Waals surface area contributed by atoms with E-state index >= 15 is 0 Å². The zero-order valence-corrected chi connectivity index (χ0v) is 13.1. The molecule has 0 amide bonds. The average Bonchev–Trinajstić information content (AvgIpc) is 2.66. The van der Waals surface area contributed by atoms with E-state index in [0.717, 1.165) is 12.5 Å². The molecule has 0 bridgehead atoms. The summed E-state index contributed by atoms with van der Waals surface area (Å²) in [7, 11) is 0. The summed E-state index contributed by atoms with van der Waals surface area (Å²) in [6.45, 7) is 9.32. The van der Waals surface area contributed by atoms with Crippen molar-refractivity contribution in [2.45, 2.75) is 46.1 Å². The van der Waals surface area contributed by atoms with E-state index in [9.17, 15) is 0 Å².